The second-order valence-corrected chi connectivity index (χ2v) is 6.76. The number of carbonyl (C=O) groups excluding carboxylic acids is 1. The standard InChI is InChI=1S/C16H17ClN4O/c1-16(2)7-11-13(12(22)8-16)14(18)21-15(20-11)19-10-5-3-9(17)4-6-10/h3-6H,7-8H2,1-2H3,(H3,18,19,20,21). The molecule has 3 rings (SSSR count). The van der Waals surface area contributed by atoms with E-state index in [4.69, 9.17) is 17.3 Å². The Morgan fingerprint density at radius 3 is 2.55 bits per heavy atom. The summed E-state index contributed by atoms with van der Waals surface area (Å²) < 4.78 is 0. The molecule has 0 aliphatic heterocycles. The normalized spacial score (nSPS) is 16.2. The Morgan fingerprint density at radius 1 is 1.18 bits per heavy atom. The van der Waals surface area contributed by atoms with Crippen molar-refractivity contribution in [2.75, 3.05) is 11.1 Å². The van der Waals surface area contributed by atoms with E-state index in [0.717, 1.165) is 5.69 Å². The Balaban J connectivity index is 1.96. The summed E-state index contributed by atoms with van der Waals surface area (Å²) in [5, 5.41) is 3.75. The highest BCUT2D eigenvalue weighted by atomic mass is 35.5. The van der Waals surface area contributed by atoms with Crippen molar-refractivity contribution in [3.8, 4) is 0 Å². The third-order valence-electron chi connectivity index (χ3n) is 3.68. The number of rotatable bonds is 2. The maximum Gasteiger partial charge on any atom is 0.229 e. The Kier molecular flexibility index (Phi) is 3.53. The third-order valence-corrected chi connectivity index (χ3v) is 3.93. The zero-order chi connectivity index (χ0) is 15.9. The van der Waals surface area contributed by atoms with E-state index in [2.05, 4.69) is 29.1 Å². The topological polar surface area (TPSA) is 80.9 Å². The van der Waals surface area contributed by atoms with Gasteiger partial charge in [0.15, 0.2) is 5.78 Å². The number of fused-ring (bicyclic) bond motifs is 1. The maximum atomic E-state index is 12.2. The summed E-state index contributed by atoms with van der Waals surface area (Å²) in [5.41, 5.74) is 7.85. The number of benzene rings is 1. The lowest BCUT2D eigenvalue weighted by Gasteiger charge is -2.29. The Hall–Kier alpha value is -2.14. The summed E-state index contributed by atoms with van der Waals surface area (Å²) in [6, 6.07) is 7.21. The molecular weight excluding hydrogens is 300 g/mol. The average molecular weight is 317 g/mol. The highest BCUT2D eigenvalue weighted by Gasteiger charge is 2.34. The van der Waals surface area contributed by atoms with E-state index in [9.17, 15) is 4.79 Å². The zero-order valence-electron chi connectivity index (χ0n) is 12.5. The molecular formula is C16H17ClN4O. The number of halogens is 1. The lowest BCUT2D eigenvalue weighted by Crippen LogP contribution is -2.29. The van der Waals surface area contributed by atoms with Crippen LogP contribution in [0.3, 0.4) is 0 Å². The molecule has 114 valence electrons. The number of anilines is 3. The summed E-state index contributed by atoms with van der Waals surface area (Å²) in [6.45, 7) is 4.11. The van der Waals surface area contributed by atoms with Crippen molar-refractivity contribution in [1.82, 2.24) is 9.97 Å². The smallest absolute Gasteiger partial charge is 0.229 e. The van der Waals surface area contributed by atoms with Crippen LogP contribution < -0.4 is 11.1 Å². The van der Waals surface area contributed by atoms with Crippen LogP contribution in [-0.4, -0.2) is 15.8 Å². The molecule has 1 aromatic heterocycles. The number of hydrogen-bond acceptors (Lipinski definition) is 5. The van der Waals surface area contributed by atoms with E-state index < -0.39 is 0 Å². The molecule has 0 spiro atoms. The van der Waals surface area contributed by atoms with Gasteiger partial charge in [-0.25, -0.2) is 4.98 Å². The van der Waals surface area contributed by atoms with E-state index >= 15 is 0 Å². The van der Waals surface area contributed by atoms with Crippen molar-refractivity contribution in [2.45, 2.75) is 26.7 Å². The summed E-state index contributed by atoms with van der Waals surface area (Å²) in [4.78, 5) is 20.9. The van der Waals surface area contributed by atoms with Crippen molar-refractivity contribution in [3.05, 3.63) is 40.5 Å². The second-order valence-electron chi connectivity index (χ2n) is 6.33. The van der Waals surface area contributed by atoms with E-state index in [0.29, 0.717) is 35.1 Å². The number of nitrogens with zero attached hydrogens (tertiary/aromatic N) is 2. The lowest BCUT2D eigenvalue weighted by molar-refractivity contribution is 0.0911. The molecule has 0 fully saturated rings. The van der Waals surface area contributed by atoms with Crippen LogP contribution in [0.5, 0.6) is 0 Å². The number of nitrogen functional groups attached to an aromatic ring is 1. The van der Waals surface area contributed by atoms with Crippen LogP contribution in [0, 0.1) is 5.41 Å². The Morgan fingerprint density at radius 2 is 1.86 bits per heavy atom. The van der Waals surface area contributed by atoms with Gasteiger partial charge in [0.05, 0.1) is 11.3 Å². The number of nitrogens with two attached hydrogens (primary N) is 1. The first kappa shape index (κ1) is 14.8. The van der Waals surface area contributed by atoms with Crippen LogP contribution in [0.4, 0.5) is 17.5 Å². The van der Waals surface area contributed by atoms with Crippen molar-refractivity contribution >= 4 is 34.8 Å². The van der Waals surface area contributed by atoms with Crippen molar-refractivity contribution < 1.29 is 4.79 Å². The van der Waals surface area contributed by atoms with E-state index in [1.54, 1.807) is 12.1 Å². The van der Waals surface area contributed by atoms with Crippen LogP contribution in [0.2, 0.25) is 5.02 Å². The van der Waals surface area contributed by atoms with Crippen LogP contribution in [0.15, 0.2) is 24.3 Å². The van der Waals surface area contributed by atoms with Crippen molar-refractivity contribution in [3.63, 3.8) is 0 Å². The van der Waals surface area contributed by atoms with Crippen molar-refractivity contribution in [2.24, 2.45) is 5.41 Å². The van der Waals surface area contributed by atoms with E-state index in [1.165, 1.54) is 0 Å². The summed E-state index contributed by atoms with van der Waals surface area (Å²) >= 11 is 5.87. The number of carbonyl (C=O) groups is 1. The molecule has 1 aromatic carbocycles. The van der Waals surface area contributed by atoms with Gasteiger partial charge in [-0.3, -0.25) is 4.79 Å². The minimum atomic E-state index is -0.109. The molecule has 0 unspecified atom stereocenters. The third kappa shape index (κ3) is 2.90. The number of aromatic nitrogens is 2. The molecule has 0 bridgehead atoms. The molecule has 5 nitrogen and oxygen atoms in total. The van der Waals surface area contributed by atoms with Gasteiger partial charge in [0.2, 0.25) is 5.95 Å². The van der Waals surface area contributed by atoms with Gasteiger partial charge < -0.3 is 11.1 Å². The number of Topliss-reactive ketones (excluding diaryl/α,β-unsaturated/α-hetero) is 1. The van der Waals surface area contributed by atoms with Gasteiger partial charge >= 0.3 is 0 Å². The van der Waals surface area contributed by atoms with Gasteiger partial charge in [-0.2, -0.15) is 4.98 Å². The Bertz CT molecular complexity index is 741. The molecule has 3 N–H and O–H groups in total. The molecule has 1 aliphatic rings. The zero-order valence-corrected chi connectivity index (χ0v) is 13.2. The molecule has 1 aliphatic carbocycles. The minimum absolute atomic E-state index is 0.0155. The molecule has 22 heavy (non-hydrogen) atoms. The van der Waals surface area contributed by atoms with Gasteiger partial charge in [-0.1, -0.05) is 25.4 Å². The molecule has 2 aromatic rings. The summed E-state index contributed by atoms with van der Waals surface area (Å²) in [6.07, 6.45) is 1.17. The largest absolute Gasteiger partial charge is 0.383 e. The first-order valence-electron chi connectivity index (χ1n) is 7.06. The summed E-state index contributed by atoms with van der Waals surface area (Å²) in [7, 11) is 0. The number of nitrogens with one attached hydrogen (secondary N) is 1. The van der Waals surface area contributed by atoms with E-state index in [-0.39, 0.29) is 17.0 Å². The highest BCUT2D eigenvalue weighted by Crippen LogP contribution is 2.36. The van der Waals surface area contributed by atoms with Crippen LogP contribution >= 0.6 is 11.6 Å². The summed E-state index contributed by atoms with van der Waals surface area (Å²) in [5.74, 6) is 0.646. The molecule has 0 saturated carbocycles. The lowest BCUT2D eigenvalue weighted by atomic mass is 9.76. The minimum Gasteiger partial charge on any atom is -0.383 e. The molecule has 6 heteroatoms. The average Bonchev–Trinajstić information content (AvgIpc) is 2.38. The first-order chi connectivity index (χ1) is 10.3. The SMILES string of the molecule is CC1(C)CC(=O)c2c(N)nc(Nc3ccc(Cl)cc3)nc2C1. The van der Waals surface area contributed by atoms with Crippen LogP contribution in [-0.2, 0) is 6.42 Å². The van der Waals surface area contributed by atoms with Crippen molar-refractivity contribution in [1.29, 1.82) is 0 Å². The second kappa shape index (κ2) is 5.25. The van der Waals surface area contributed by atoms with E-state index in [1.807, 2.05) is 12.1 Å². The Labute approximate surface area is 133 Å². The van der Waals surface area contributed by atoms with Gasteiger partial charge in [0, 0.05) is 17.1 Å². The number of ketones is 1. The molecule has 0 amide bonds. The quantitative estimate of drug-likeness (QED) is 0.884. The number of hydrogen-bond donors (Lipinski definition) is 2. The van der Waals surface area contributed by atoms with Crippen LogP contribution in [0.25, 0.3) is 0 Å². The molecule has 0 atom stereocenters. The molecule has 1 heterocycles. The predicted octanol–water partition coefficient (Wildman–Crippen LogP) is 3.61. The van der Waals surface area contributed by atoms with Gasteiger partial charge in [-0.15, -0.1) is 0 Å². The monoisotopic (exact) mass is 316 g/mol. The van der Waals surface area contributed by atoms with Gasteiger partial charge in [0.1, 0.15) is 5.82 Å². The molecule has 0 saturated heterocycles. The van der Waals surface area contributed by atoms with Gasteiger partial charge in [0.25, 0.3) is 0 Å². The fourth-order valence-electron chi connectivity index (χ4n) is 2.72. The van der Waals surface area contributed by atoms with Gasteiger partial charge in [-0.05, 0) is 36.1 Å². The first-order valence-corrected chi connectivity index (χ1v) is 7.44. The predicted molar refractivity (Wildman–Crippen MR) is 87.6 cm³/mol. The maximum absolute atomic E-state index is 12.2. The fourth-order valence-corrected chi connectivity index (χ4v) is 2.84. The highest BCUT2D eigenvalue weighted by molar-refractivity contribution is 6.30. The molecule has 0 radical (unpaired) electrons. The van der Waals surface area contributed by atoms with Crippen LogP contribution in [0.1, 0.15) is 36.3 Å². The fraction of sp³-hybridized carbons (Fsp3) is 0.312.